The predicted octanol–water partition coefficient (Wildman–Crippen LogP) is 3.51. The number of carbonyl (C=O) groups excluding carboxylic acids is 1. The number of rotatable bonds is 6. The highest BCUT2D eigenvalue weighted by molar-refractivity contribution is 7.89. The first-order chi connectivity index (χ1) is 14.8. The Morgan fingerprint density at radius 3 is 2.39 bits per heavy atom. The zero-order valence-corrected chi connectivity index (χ0v) is 18.1. The summed E-state index contributed by atoms with van der Waals surface area (Å²) in [6.45, 7) is 2.30. The van der Waals surface area contributed by atoms with Crippen LogP contribution in [0.5, 0.6) is 0 Å². The number of sulfonamides is 1. The third-order valence-electron chi connectivity index (χ3n) is 6.06. The van der Waals surface area contributed by atoms with Gasteiger partial charge in [0.05, 0.1) is 16.6 Å². The van der Waals surface area contributed by atoms with E-state index < -0.39 is 21.7 Å². The van der Waals surface area contributed by atoms with Gasteiger partial charge in [-0.25, -0.2) is 17.2 Å². The smallest absolute Gasteiger partial charge is 0.243 e. The Bertz CT molecular complexity index is 1050. The third-order valence-corrected chi connectivity index (χ3v) is 7.95. The fraction of sp³-hybridized carbons (Fsp3) is 0.455. The third kappa shape index (κ3) is 4.48. The average molecular weight is 450 g/mol. The Kier molecular flexibility index (Phi) is 6.07. The molecule has 0 spiro atoms. The monoisotopic (exact) mass is 449 g/mol. The van der Waals surface area contributed by atoms with E-state index in [1.165, 1.54) is 4.31 Å². The van der Waals surface area contributed by atoms with Crippen molar-refractivity contribution in [1.82, 2.24) is 14.2 Å². The van der Waals surface area contributed by atoms with Crippen LogP contribution in [-0.4, -0.2) is 47.6 Å². The minimum Gasteiger partial charge on any atom is -0.331 e. The lowest BCUT2D eigenvalue weighted by Gasteiger charge is -2.36. The first-order valence-corrected chi connectivity index (χ1v) is 11.9. The van der Waals surface area contributed by atoms with Crippen molar-refractivity contribution in [3.05, 3.63) is 59.9 Å². The van der Waals surface area contributed by atoms with Crippen LogP contribution in [0.4, 0.5) is 8.78 Å². The maximum atomic E-state index is 13.5. The van der Waals surface area contributed by atoms with E-state index in [0.717, 1.165) is 30.7 Å². The van der Waals surface area contributed by atoms with Crippen molar-refractivity contribution in [2.24, 2.45) is 5.92 Å². The van der Waals surface area contributed by atoms with Gasteiger partial charge in [0.2, 0.25) is 15.9 Å². The summed E-state index contributed by atoms with van der Waals surface area (Å²) in [4.78, 5) is 19.4. The number of piperidine rings is 1. The number of hydrogen-bond acceptors (Lipinski definition) is 4. The van der Waals surface area contributed by atoms with Gasteiger partial charge < -0.3 is 4.90 Å². The molecule has 0 radical (unpaired) electrons. The summed E-state index contributed by atoms with van der Waals surface area (Å²) in [6.07, 6.45) is 4.42. The Labute approximate surface area is 180 Å². The van der Waals surface area contributed by atoms with Crippen LogP contribution in [0.3, 0.4) is 0 Å². The second-order valence-corrected chi connectivity index (χ2v) is 10.1. The zero-order valence-electron chi connectivity index (χ0n) is 17.2. The molecule has 2 aliphatic rings. The molecule has 9 heteroatoms. The molecule has 2 fully saturated rings. The number of aromatic nitrogens is 1. The molecule has 166 valence electrons. The van der Waals surface area contributed by atoms with E-state index in [2.05, 4.69) is 4.98 Å². The summed E-state index contributed by atoms with van der Waals surface area (Å²) < 4.78 is 53.5. The lowest BCUT2D eigenvalue weighted by Crippen LogP contribution is -2.45. The van der Waals surface area contributed by atoms with Gasteiger partial charge in [-0.05, 0) is 62.9 Å². The van der Waals surface area contributed by atoms with E-state index in [4.69, 9.17) is 0 Å². The molecule has 2 aromatic rings. The van der Waals surface area contributed by atoms with E-state index >= 15 is 0 Å². The summed E-state index contributed by atoms with van der Waals surface area (Å²) in [6, 6.07) is 8.27. The predicted molar refractivity (Wildman–Crippen MR) is 110 cm³/mol. The molecule has 6 nitrogen and oxygen atoms in total. The van der Waals surface area contributed by atoms with E-state index in [-0.39, 0.29) is 41.9 Å². The van der Waals surface area contributed by atoms with Crippen molar-refractivity contribution >= 4 is 15.9 Å². The molecule has 1 atom stereocenters. The summed E-state index contributed by atoms with van der Waals surface area (Å²) in [5.41, 5.74) is 0.834. The van der Waals surface area contributed by atoms with Crippen LogP contribution in [-0.2, 0) is 14.8 Å². The largest absolute Gasteiger partial charge is 0.331 e. The van der Waals surface area contributed by atoms with Crippen LogP contribution in [0.15, 0.2) is 47.5 Å². The number of amides is 1. The van der Waals surface area contributed by atoms with Crippen LogP contribution < -0.4 is 0 Å². The molecule has 1 aliphatic carbocycles. The summed E-state index contributed by atoms with van der Waals surface area (Å²) in [7, 11) is -3.94. The molecule has 1 amide bonds. The highest BCUT2D eigenvalue weighted by Gasteiger charge is 2.41. The molecule has 1 aliphatic heterocycles. The zero-order chi connectivity index (χ0) is 22.2. The number of halogens is 2. The van der Waals surface area contributed by atoms with Gasteiger partial charge in [-0.15, -0.1) is 0 Å². The minimum absolute atomic E-state index is 0.0329. The van der Waals surface area contributed by atoms with Gasteiger partial charge >= 0.3 is 0 Å². The van der Waals surface area contributed by atoms with Crippen molar-refractivity contribution in [1.29, 1.82) is 0 Å². The molecular weight excluding hydrogens is 424 g/mol. The molecule has 1 aromatic heterocycles. The quantitative estimate of drug-likeness (QED) is 0.677. The van der Waals surface area contributed by atoms with Gasteiger partial charge in [-0.2, -0.15) is 4.31 Å². The van der Waals surface area contributed by atoms with Gasteiger partial charge in [0, 0.05) is 31.2 Å². The van der Waals surface area contributed by atoms with Crippen molar-refractivity contribution in [3.8, 4) is 0 Å². The Balaban J connectivity index is 1.45. The molecule has 4 rings (SSSR count). The van der Waals surface area contributed by atoms with Crippen LogP contribution in [0, 0.1) is 17.6 Å². The molecular formula is C22H25F2N3O3S. The number of benzene rings is 1. The Hall–Kier alpha value is -2.39. The lowest BCUT2D eigenvalue weighted by molar-refractivity contribution is -0.139. The first-order valence-electron chi connectivity index (χ1n) is 10.5. The molecule has 2 heterocycles. The molecule has 1 saturated carbocycles. The molecule has 31 heavy (non-hydrogen) atoms. The summed E-state index contributed by atoms with van der Waals surface area (Å²) in [5.74, 6) is -2.53. The fourth-order valence-electron chi connectivity index (χ4n) is 4.15. The van der Waals surface area contributed by atoms with Gasteiger partial charge in [0.1, 0.15) is 0 Å². The van der Waals surface area contributed by atoms with Crippen LogP contribution in [0.1, 0.15) is 44.3 Å². The van der Waals surface area contributed by atoms with E-state index in [9.17, 15) is 22.0 Å². The van der Waals surface area contributed by atoms with Gasteiger partial charge in [-0.1, -0.05) is 6.07 Å². The van der Waals surface area contributed by atoms with E-state index in [1.54, 1.807) is 6.20 Å². The molecule has 0 bridgehead atoms. The average Bonchev–Trinajstić information content (AvgIpc) is 3.61. The topological polar surface area (TPSA) is 70.6 Å². The molecule has 0 N–H and O–H groups in total. The Morgan fingerprint density at radius 1 is 1.10 bits per heavy atom. The van der Waals surface area contributed by atoms with Crippen LogP contribution >= 0.6 is 0 Å². The van der Waals surface area contributed by atoms with E-state index in [1.807, 2.05) is 30.0 Å². The van der Waals surface area contributed by atoms with Gasteiger partial charge in [-0.3, -0.25) is 9.78 Å². The number of hydrogen-bond donors (Lipinski definition) is 0. The highest BCUT2D eigenvalue weighted by atomic mass is 32.2. The second kappa shape index (κ2) is 8.63. The fourth-order valence-corrected chi connectivity index (χ4v) is 5.63. The van der Waals surface area contributed by atoms with Crippen molar-refractivity contribution in [2.75, 3.05) is 13.1 Å². The standard InChI is InChI=1S/C22H25F2N3O3S/c1-15(21-4-2-3-11-25-21)27(17-5-6-17)22(28)16-9-12-26(13-10-16)31(29,30)18-7-8-19(23)20(24)14-18/h2-4,7-8,11,14-17H,5-6,9-10,12-13H2,1H3. The van der Waals surface area contributed by atoms with Crippen molar-refractivity contribution in [3.63, 3.8) is 0 Å². The van der Waals surface area contributed by atoms with Crippen molar-refractivity contribution < 1.29 is 22.0 Å². The normalized spacial score (nSPS) is 19.2. The first kappa shape index (κ1) is 21.8. The van der Waals surface area contributed by atoms with Crippen LogP contribution in [0.2, 0.25) is 0 Å². The summed E-state index contributed by atoms with van der Waals surface area (Å²) in [5, 5.41) is 0. The molecule has 1 aromatic carbocycles. The summed E-state index contributed by atoms with van der Waals surface area (Å²) >= 11 is 0. The van der Waals surface area contributed by atoms with Crippen molar-refractivity contribution in [2.45, 2.75) is 49.6 Å². The highest BCUT2D eigenvalue weighted by Crippen LogP contribution is 2.37. The molecule has 1 unspecified atom stereocenters. The van der Waals surface area contributed by atoms with Gasteiger partial charge in [0.15, 0.2) is 11.6 Å². The van der Waals surface area contributed by atoms with E-state index in [0.29, 0.717) is 18.9 Å². The molecule has 1 saturated heterocycles. The Morgan fingerprint density at radius 2 is 1.81 bits per heavy atom. The maximum absolute atomic E-state index is 13.5. The number of nitrogens with zero attached hydrogens (tertiary/aromatic N) is 3. The van der Waals surface area contributed by atoms with Crippen LogP contribution in [0.25, 0.3) is 0 Å². The maximum Gasteiger partial charge on any atom is 0.243 e. The lowest BCUT2D eigenvalue weighted by atomic mass is 9.95. The number of pyridine rings is 1. The minimum atomic E-state index is -3.94. The van der Waals surface area contributed by atoms with Gasteiger partial charge in [0.25, 0.3) is 0 Å². The SMILES string of the molecule is CC(c1ccccn1)N(C(=O)C1CCN(S(=O)(=O)c2ccc(F)c(F)c2)CC1)C1CC1. The number of carbonyl (C=O) groups is 1. The second-order valence-electron chi connectivity index (χ2n) is 8.16.